The van der Waals surface area contributed by atoms with Crippen LogP contribution in [0, 0.1) is 5.82 Å². The van der Waals surface area contributed by atoms with E-state index in [9.17, 15) is 9.18 Å². The van der Waals surface area contributed by atoms with Gasteiger partial charge in [0, 0.05) is 12.7 Å². The second-order valence-corrected chi connectivity index (χ2v) is 5.64. The normalized spacial score (nSPS) is 13.0. The first kappa shape index (κ1) is 18.7. The summed E-state index contributed by atoms with van der Waals surface area (Å²) in [7, 11) is 4.43. The molecule has 0 fully saturated rings. The van der Waals surface area contributed by atoms with Crippen molar-refractivity contribution in [3.05, 3.63) is 59.4 Å². The van der Waals surface area contributed by atoms with E-state index in [-0.39, 0.29) is 12.1 Å². The highest BCUT2D eigenvalue weighted by Gasteiger charge is 2.30. The van der Waals surface area contributed by atoms with Crippen LogP contribution in [0.5, 0.6) is 11.5 Å². The molecule has 2 aromatic rings. The van der Waals surface area contributed by atoms with Gasteiger partial charge in [0.05, 0.1) is 20.8 Å². The number of hydrogen-bond donors (Lipinski definition) is 1. The number of nitrogens with one attached hydrogen (secondary N) is 1. The molecule has 5 nitrogen and oxygen atoms in total. The molecule has 0 radical (unpaired) electrons. The Bertz CT molecular complexity index is 728. The Morgan fingerprint density at radius 1 is 1.04 bits per heavy atom. The minimum Gasteiger partial charge on any atom is -0.496 e. The second kappa shape index (κ2) is 7.98. The van der Waals surface area contributed by atoms with Crippen LogP contribution >= 0.6 is 0 Å². The highest BCUT2D eigenvalue weighted by atomic mass is 19.1. The van der Waals surface area contributed by atoms with E-state index >= 15 is 0 Å². The quantitative estimate of drug-likeness (QED) is 0.836. The average Bonchev–Trinajstić information content (AvgIpc) is 2.65. The first-order valence-electron chi connectivity index (χ1n) is 7.76. The van der Waals surface area contributed by atoms with Crippen LogP contribution in [0.2, 0.25) is 0 Å². The molecule has 25 heavy (non-hydrogen) atoms. The maximum absolute atomic E-state index is 14.1. The van der Waals surface area contributed by atoms with Gasteiger partial charge in [0.25, 0.3) is 5.91 Å². The number of halogens is 1. The lowest BCUT2D eigenvalue weighted by Gasteiger charge is -2.29. The number of carbonyl (C=O) groups excluding carboxylic acids is 1. The molecule has 0 saturated heterocycles. The molecule has 0 saturated carbocycles. The molecule has 1 amide bonds. The molecule has 1 N–H and O–H groups in total. The summed E-state index contributed by atoms with van der Waals surface area (Å²) in [5, 5.41) is 2.78. The Morgan fingerprint density at radius 2 is 1.64 bits per heavy atom. The molecule has 0 bridgehead atoms. The molecule has 1 atom stereocenters. The lowest BCUT2D eigenvalue weighted by Crippen LogP contribution is -2.40. The third kappa shape index (κ3) is 3.91. The zero-order valence-electron chi connectivity index (χ0n) is 14.8. The van der Waals surface area contributed by atoms with Gasteiger partial charge in [0.2, 0.25) is 0 Å². The smallest absolute Gasteiger partial charge is 0.258 e. The first-order chi connectivity index (χ1) is 12.0. The summed E-state index contributed by atoms with van der Waals surface area (Å²) in [6.07, 6.45) is 0. The maximum Gasteiger partial charge on any atom is 0.258 e. The predicted molar refractivity (Wildman–Crippen MR) is 92.6 cm³/mol. The second-order valence-electron chi connectivity index (χ2n) is 5.64. The lowest BCUT2D eigenvalue weighted by atomic mass is 9.95. The molecule has 0 aliphatic rings. The van der Waals surface area contributed by atoms with Crippen molar-refractivity contribution < 1.29 is 23.4 Å². The summed E-state index contributed by atoms with van der Waals surface area (Å²) in [6, 6.07) is 11.4. The van der Waals surface area contributed by atoms with Crippen LogP contribution in [-0.2, 0) is 10.3 Å². The van der Waals surface area contributed by atoms with E-state index in [2.05, 4.69) is 5.32 Å². The fourth-order valence-electron chi connectivity index (χ4n) is 2.58. The first-order valence-corrected chi connectivity index (χ1v) is 7.76. The van der Waals surface area contributed by atoms with E-state index in [1.165, 1.54) is 27.4 Å². The van der Waals surface area contributed by atoms with Crippen LogP contribution < -0.4 is 14.8 Å². The van der Waals surface area contributed by atoms with Gasteiger partial charge < -0.3 is 19.5 Å². The van der Waals surface area contributed by atoms with Gasteiger partial charge in [0.1, 0.15) is 28.5 Å². The van der Waals surface area contributed by atoms with Crippen LogP contribution in [0.15, 0.2) is 42.5 Å². The number of hydrogen-bond acceptors (Lipinski definition) is 4. The van der Waals surface area contributed by atoms with Crippen molar-refractivity contribution in [2.45, 2.75) is 12.5 Å². The van der Waals surface area contributed by atoms with Crippen molar-refractivity contribution in [3.63, 3.8) is 0 Å². The third-order valence-electron chi connectivity index (χ3n) is 4.14. The van der Waals surface area contributed by atoms with Crippen LogP contribution in [0.4, 0.5) is 4.39 Å². The van der Waals surface area contributed by atoms with E-state index < -0.39 is 17.3 Å². The van der Waals surface area contributed by atoms with Gasteiger partial charge >= 0.3 is 0 Å². The number of ether oxygens (including phenoxy) is 3. The topological polar surface area (TPSA) is 56.8 Å². The minimum absolute atomic E-state index is 0.0739. The number of benzene rings is 2. The molecule has 2 rings (SSSR count). The fraction of sp³-hybridized carbons (Fsp3) is 0.316. The zero-order chi connectivity index (χ0) is 18.4. The third-order valence-corrected chi connectivity index (χ3v) is 4.14. The van der Waals surface area contributed by atoms with Crippen molar-refractivity contribution >= 4 is 5.91 Å². The highest BCUT2D eigenvalue weighted by molar-refractivity contribution is 5.99. The number of methoxy groups -OCH3 is 3. The fourth-order valence-corrected chi connectivity index (χ4v) is 2.58. The van der Waals surface area contributed by atoms with Gasteiger partial charge in [-0.05, 0) is 25.1 Å². The van der Waals surface area contributed by atoms with Crippen molar-refractivity contribution in [1.29, 1.82) is 0 Å². The summed E-state index contributed by atoms with van der Waals surface area (Å²) >= 11 is 0. The van der Waals surface area contributed by atoms with Gasteiger partial charge in [-0.25, -0.2) is 4.39 Å². The van der Waals surface area contributed by atoms with E-state index in [0.717, 1.165) is 0 Å². The summed E-state index contributed by atoms with van der Waals surface area (Å²) < 4.78 is 30.1. The van der Waals surface area contributed by atoms with Crippen LogP contribution in [-0.4, -0.2) is 33.8 Å². The Kier molecular flexibility index (Phi) is 5.98. The molecular weight excluding hydrogens is 325 g/mol. The Morgan fingerprint density at radius 3 is 2.16 bits per heavy atom. The van der Waals surface area contributed by atoms with E-state index in [1.807, 2.05) is 0 Å². The molecule has 134 valence electrons. The average molecular weight is 347 g/mol. The standard InChI is InChI=1S/C19H22FNO4/c1-19(25-4,13-8-5-6-9-14(13)20)12-21-18(22)17-15(23-2)10-7-11-16(17)24-3/h5-11H,12H2,1-4H3,(H,21,22). The van der Waals surface area contributed by atoms with Crippen LogP contribution in [0.3, 0.4) is 0 Å². The zero-order valence-corrected chi connectivity index (χ0v) is 14.8. The summed E-state index contributed by atoms with van der Waals surface area (Å²) in [5.41, 5.74) is -0.375. The van der Waals surface area contributed by atoms with Gasteiger partial charge in [-0.2, -0.15) is 0 Å². The SMILES string of the molecule is COc1cccc(OC)c1C(=O)NCC(C)(OC)c1ccccc1F. The molecule has 1 unspecified atom stereocenters. The Balaban J connectivity index is 2.26. The largest absolute Gasteiger partial charge is 0.496 e. The summed E-state index contributed by atoms with van der Waals surface area (Å²) in [4.78, 5) is 12.7. The number of amides is 1. The van der Waals surface area contributed by atoms with Crippen molar-refractivity contribution in [2.24, 2.45) is 0 Å². The van der Waals surface area contributed by atoms with E-state index in [4.69, 9.17) is 14.2 Å². The maximum atomic E-state index is 14.1. The number of carbonyl (C=O) groups is 1. The van der Waals surface area contributed by atoms with E-state index in [0.29, 0.717) is 17.1 Å². The summed E-state index contributed by atoms with van der Waals surface area (Å²) in [6.45, 7) is 1.79. The minimum atomic E-state index is -1.02. The molecule has 0 aliphatic heterocycles. The lowest BCUT2D eigenvalue weighted by molar-refractivity contribution is 0.000343. The van der Waals surface area contributed by atoms with E-state index in [1.54, 1.807) is 43.3 Å². The molecule has 0 aromatic heterocycles. The molecule has 6 heteroatoms. The molecule has 0 spiro atoms. The van der Waals surface area contributed by atoms with Crippen LogP contribution in [0.25, 0.3) is 0 Å². The van der Waals surface area contributed by atoms with Gasteiger partial charge in [-0.15, -0.1) is 0 Å². The number of rotatable bonds is 7. The van der Waals surface area contributed by atoms with Gasteiger partial charge in [-0.1, -0.05) is 24.3 Å². The molecule has 0 heterocycles. The van der Waals surface area contributed by atoms with Crippen LogP contribution in [0.1, 0.15) is 22.8 Å². The van der Waals surface area contributed by atoms with Gasteiger partial charge in [0.15, 0.2) is 0 Å². The highest BCUT2D eigenvalue weighted by Crippen LogP contribution is 2.29. The molecule has 0 aliphatic carbocycles. The predicted octanol–water partition coefficient (Wildman–Crippen LogP) is 3.13. The van der Waals surface area contributed by atoms with Crippen molar-refractivity contribution in [3.8, 4) is 11.5 Å². The Labute approximate surface area is 146 Å². The van der Waals surface area contributed by atoms with Crippen molar-refractivity contribution in [2.75, 3.05) is 27.9 Å². The summed E-state index contributed by atoms with van der Waals surface area (Å²) in [5.74, 6) is -0.00592. The molecular formula is C19H22FNO4. The molecule has 2 aromatic carbocycles. The monoisotopic (exact) mass is 347 g/mol. The Hall–Kier alpha value is -2.60. The van der Waals surface area contributed by atoms with Gasteiger partial charge in [-0.3, -0.25) is 4.79 Å². The van der Waals surface area contributed by atoms with Crippen molar-refractivity contribution in [1.82, 2.24) is 5.32 Å².